The van der Waals surface area contributed by atoms with Gasteiger partial charge in [-0.15, -0.1) is 0 Å². The Morgan fingerprint density at radius 3 is 2.25 bits per heavy atom. The molecule has 7 nitrogen and oxygen atoms in total. The standard InChI is InChI=1S/C28H28ClN5O2/c29-22-11-13-23(14-12-22)30-26(35)24(21-9-5-2-6-10-21)25-27(36)32-28(31-25)34-17-15-33(16-18-34)19-20-7-3-1-4-8-20/h1-14,24-25H,15-19H2,(H,30,35)(H,31,32,36). The van der Waals surface area contributed by atoms with Gasteiger partial charge in [-0.1, -0.05) is 72.3 Å². The smallest absolute Gasteiger partial charge is 0.252 e. The highest BCUT2D eigenvalue weighted by molar-refractivity contribution is 6.30. The third-order valence-corrected chi connectivity index (χ3v) is 6.81. The van der Waals surface area contributed by atoms with Gasteiger partial charge in [-0.05, 0) is 35.4 Å². The fourth-order valence-corrected chi connectivity index (χ4v) is 4.77. The van der Waals surface area contributed by atoms with Crippen molar-refractivity contribution < 1.29 is 9.59 Å². The minimum absolute atomic E-state index is 0.267. The summed E-state index contributed by atoms with van der Waals surface area (Å²) in [6.45, 7) is 4.15. The Morgan fingerprint density at radius 2 is 1.58 bits per heavy atom. The van der Waals surface area contributed by atoms with E-state index in [1.54, 1.807) is 24.3 Å². The van der Waals surface area contributed by atoms with E-state index in [-0.39, 0.29) is 11.8 Å². The predicted octanol–water partition coefficient (Wildman–Crippen LogP) is 3.73. The Labute approximate surface area is 215 Å². The van der Waals surface area contributed by atoms with Crippen molar-refractivity contribution in [2.24, 2.45) is 4.99 Å². The molecule has 1 fully saturated rings. The van der Waals surface area contributed by atoms with Gasteiger partial charge < -0.3 is 10.2 Å². The van der Waals surface area contributed by atoms with Crippen molar-refractivity contribution in [2.75, 3.05) is 31.5 Å². The summed E-state index contributed by atoms with van der Waals surface area (Å²) in [6, 6.07) is 25.8. The molecule has 2 unspecified atom stereocenters. The number of benzene rings is 3. The number of halogens is 1. The van der Waals surface area contributed by atoms with Gasteiger partial charge in [0.2, 0.25) is 11.9 Å². The van der Waals surface area contributed by atoms with E-state index < -0.39 is 12.0 Å². The van der Waals surface area contributed by atoms with Crippen molar-refractivity contribution >= 4 is 35.1 Å². The monoisotopic (exact) mass is 501 g/mol. The molecule has 1 saturated heterocycles. The Hall–Kier alpha value is -3.68. The molecular formula is C28H28ClN5O2. The molecule has 0 bridgehead atoms. The number of hydrogen-bond donors (Lipinski definition) is 2. The predicted molar refractivity (Wildman–Crippen MR) is 142 cm³/mol. The van der Waals surface area contributed by atoms with Crippen molar-refractivity contribution in [1.29, 1.82) is 0 Å². The van der Waals surface area contributed by atoms with Gasteiger partial charge in [0.25, 0.3) is 5.91 Å². The van der Waals surface area contributed by atoms with Crippen LogP contribution in [-0.2, 0) is 16.1 Å². The first-order valence-corrected chi connectivity index (χ1v) is 12.5. The van der Waals surface area contributed by atoms with Crippen molar-refractivity contribution in [3.63, 3.8) is 0 Å². The first kappa shape index (κ1) is 24.0. The summed E-state index contributed by atoms with van der Waals surface area (Å²) < 4.78 is 0. The summed E-state index contributed by atoms with van der Waals surface area (Å²) in [4.78, 5) is 35.7. The van der Waals surface area contributed by atoms with Gasteiger partial charge in [-0.3, -0.25) is 19.8 Å². The van der Waals surface area contributed by atoms with Crippen LogP contribution in [0, 0.1) is 0 Å². The van der Waals surface area contributed by atoms with Crippen LogP contribution in [0.15, 0.2) is 89.9 Å². The number of nitrogens with one attached hydrogen (secondary N) is 2. The number of anilines is 1. The van der Waals surface area contributed by atoms with E-state index in [0.29, 0.717) is 16.7 Å². The molecule has 2 N–H and O–H groups in total. The zero-order chi connectivity index (χ0) is 24.9. The molecule has 0 radical (unpaired) electrons. The van der Waals surface area contributed by atoms with Gasteiger partial charge in [0.05, 0.1) is 5.92 Å². The molecule has 2 heterocycles. The van der Waals surface area contributed by atoms with E-state index in [1.165, 1.54) is 5.56 Å². The SMILES string of the molecule is O=C1NC(N2CCN(Cc3ccccc3)CC2)=NC1C(C(=O)Nc1ccc(Cl)cc1)c1ccccc1. The fourth-order valence-electron chi connectivity index (χ4n) is 4.64. The normalized spacial score (nSPS) is 18.9. The summed E-state index contributed by atoms with van der Waals surface area (Å²) in [7, 11) is 0. The summed E-state index contributed by atoms with van der Waals surface area (Å²) in [5.74, 6) is -0.776. The van der Waals surface area contributed by atoms with Crippen LogP contribution in [-0.4, -0.2) is 59.8 Å². The van der Waals surface area contributed by atoms with Crippen LogP contribution in [0.2, 0.25) is 5.02 Å². The van der Waals surface area contributed by atoms with Crippen LogP contribution in [0.1, 0.15) is 17.0 Å². The van der Waals surface area contributed by atoms with Gasteiger partial charge in [0.1, 0.15) is 6.04 Å². The lowest BCUT2D eigenvalue weighted by Gasteiger charge is -2.35. The first-order valence-electron chi connectivity index (χ1n) is 12.1. The number of carbonyl (C=O) groups is 2. The molecule has 2 amide bonds. The number of aliphatic imine (C=N–C) groups is 1. The van der Waals surface area contributed by atoms with Gasteiger partial charge >= 0.3 is 0 Å². The zero-order valence-electron chi connectivity index (χ0n) is 19.8. The summed E-state index contributed by atoms with van der Waals surface area (Å²) in [5.41, 5.74) is 2.64. The summed E-state index contributed by atoms with van der Waals surface area (Å²) >= 11 is 5.98. The first-order chi connectivity index (χ1) is 17.6. The molecule has 0 saturated carbocycles. The second-order valence-corrected chi connectivity index (χ2v) is 9.46. The topological polar surface area (TPSA) is 77.0 Å². The van der Waals surface area contributed by atoms with Crippen molar-refractivity contribution in [3.05, 3.63) is 101 Å². The van der Waals surface area contributed by atoms with E-state index in [9.17, 15) is 9.59 Å². The quantitative estimate of drug-likeness (QED) is 0.539. The van der Waals surface area contributed by atoms with Crippen LogP contribution < -0.4 is 10.6 Å². The fraction of sp³-hybridized carbons (Fsp3) is 0.250. The van der Waals surface area contributed by atoms with Crippen molar-refractivity contribution in [3.8, 4) is 0 Å². The average molecular weight is 502 g/mol. The molecule has 2 atom stereocenters. The number of hydrogen-bond acceptors (Lipinski definition) is 5. The van der Waals surface area contributed by atoms with Crippen LogP contribution in [0.4, 0.5) is 5.69 Å². The molecule has 0 aromatic heterocycles. The number of amides is 2. The molecule has 8 heteroatoms. The highest BCUT2D eigenvalue weighted by Gasteiger charge is 2.40. The third kappa shape index (κ3) is 5.58. The maximum Gasteiger partial charge on any atom is 0.252 e. The van der Waals surface area contributed by atoms with Crippen molar-refractivity contribution in [1.82, 2.24) is 15.1 Å². The maximum atomic E-state index is 13.4. The summed E-state index contributed by atoms with van der Waals surface area (Å²) in [6.07, 6.45) is 0. The van der Waals surface area contributed by atoms with E-state index in [1.807, 2.05) is 36.4 Å². The number of rotatable bonds is 6. The Balaban J connectivity index is 1.30. The number of nitrogens with zero attached hydrogens (tertiary/aromatic N) is 3. The van der Waals surface area contributed by atoms with Gasteiger partial charge in [0, 0.05) is 43.4 Å². The van der Waals surface area contributed by atoms with Crippen molar-refractivity contribution in [2.45, 2.75) is 18.5 Å². The highest BCUT2D eigenvalue weighted by atomic mass is 35.5. The van der Waals surface area contributed by atoms with Crippen LogP contribution in [0.5, 0.6) is 0 Å². The van der Waals surface area contributed by atoms with Gasteiger partial charge in [-0.2, -0.15) is 0 Å². The molecule has 36 heavy (non-hydrogen) atoms. The van der Waals surface area contributed by atoms with Crippen LogP contribution in [0.3, 0.4) is 0 Å². The second kappa shape index (κ2) is 10.9. The number of piperazine rings is 1. The maximum absolute atomic E-state index is 13.4. The second-order valence-electron chi connectivity index (χ2n) is 9.02. The number of carbonyl (C=O) groups excluding carboxylic acids is 2. The minimum atomic E-state index is -0.850. The zero-order valence-corrected chi connectivity index (χ0v) is 20.6. The van der Waals surface area contributed by atoms with E-state index in [4.69, 9.17) is 16.6 Å². The molecule has 2 aliphatic heterocycles. The largest absolute Gasteiger partial charge is 0.340 e. The number of guanidine groups is 1. The highest BCUT2D eigenvalue weighted by Crippen LogP contribution is 2.27. The van der Waals surface area contributed by atoms with E-state index >= 15 is 0 Å². The lowest BCUT2D eigenvalue weighted by molar-refractivity contribution is -0.125. The lowest BCUT2D eigenvalue weighted by Crippen LogP contribution is -2.51. The van der Waals surface area contributed by atoms with Crippen LogP contribution in [0.25, 0.3) is 0 Å². The van der Waals surface area contributed by atoms with E-state index in [2.05, 4.69) is 44.7 Å². The molecule has 0 spiro atoms. The van der Waals surface area contributed by atoms with Crippen LogP contribution >= 0.6 is 11.6 Å². The van der Waals surface area contributed by atoms with Gasteiger partial charge in [0.15, 0.2) is 0 Å². The minimum Gasteiger partial charge on any atom is -0.340 e. The molecule has 3 aromatic rings. The third-order valence-electron chi connectivity index (χ3n) is 6.55. The van der Waals surface area contributed by atoms with Gasteiger partial charge in [-0.25, -0.2) is 4.99 Å². The van der Waals surface area contributed by atoms with E-state index in [0.717, 1.165) is 38.3 Å². The Bertz CT molecular complexity index is 1230. The Morgan fingerprint density at radius 1 is 0.944 bits per heavy atom. The molecule has 184 valence electrons. The molecule has 0 aliphatic carbocycles. The summed E-state index contributed by atoms with van der Waals surface area (Å²) in [5, 5.41) is 6.44. The molecule has 5 rings (SSSR count). The average Bonchev–Trinajstić information content (AvgIpc) is 3.28. The molecular weight excluding hydrogens is 474 g/mol. The molecule has 2 aliphatic rings. The lowest BCUT2D eigenvalue weighted by atomic mass is 9.90. The molecule has 3 aromatic carbocycles. The Kier molecular flexibility index (Phi) is 7.30.